The molecule has 2 aromatic rings. The summed E-state index contributed by atoms with van der Waals surface area (Å²) in [7, 11) is 0. The van der Waals surface area contributed by atoms with Crippen LogP contribution in [0.1, 0.15) is 24.5 Å². The molecule has 3 rings (SSSR count). The summed E-state index contributed by atoms with van der Waals surface area (Å²) in [6.07, 6.45) is 3.74. The van der Waals surface area contributed by atoms with Gasteiger partial charge in [0, 0.05) is 30.4 Å². The minimum atomic E-state index is 0.0715. The van der Waals surface area contributed by atoms with Gasteiger partial charge in [0.1, 0.15) is 11.6 Å². The summed E-state index contributed by atoms with van der Waals surface area (Å²) in [5.74, 6) is 0.0715. The zero-order valence-electron chi connectivity index (χ0n) is 14.2. The van der Waals surface area contributed by atoms with E-state index in [-0.39, 0.29) is 24.7 Å². The van der Waals surface area contributed by atoms with Gasteiger partial charge in [0.2, 0.25) is 5.91 Å². The van der Waals surface area contributed by atoms with E-state index < -0.39 is 0 Å². The zero-order chi connectivity index (χ0) is 17.1. The molecule has 1 amide bonds. The van der Waals surface area contributed by atoms with Crippen molar-refractivity contribution >= 4 is 22.9 Å². The standard InChI is InChI=1S/C16H23N5O2S/c1-11-10-24-15(19-11)5-17-14-4-18-21(8-14)9-16(22)20-6-12(2)23-13(3)7-20/h4,8,10,12-13,17H,5-7,9H2,1-3H3. The molecule has 2 atom stereocenters. The van der Waals surface area contributed by atoms with Gasteiger partial charge in [-0.2, -0.15) is 5.10 Å². The molecule has 0 saturated carbocycles. The summed E-state index contributed by atoms with van der Waals surface area (Å²) in [6, 6.07) is 0. The molecule has 2 unspecified atom stereocenters. The molecule has 1 N–H and O–H groups in total. The van der Waals surface area contributed by atoms with Crippen molar-refractivity contribution in [3.63, 3.8) is 0 Å². The number of thiazole rings is 1. The number of anilines is 1. The van der Waals surface area contributed by atoms with Crippen molar-refractivity contribution < 1.29 is 9.53 Å². The van der Waals surface area contributed by atoms with Gasteiger partial charge in [0.15, 0.2) is 0 Å². The summed E-state index contributed by atoms with van der Waals surface area (Å²) in [5, 5.41) is 10.6. The van der Waals surface area contributed by atoms with Crippen LogP contribution in [-0.4, -0.2) is 50.9 Å². The van der Waals surface area contributed by atoms with E-state index >= 15 is 0 Å². The summed E-state index contributed by atoms with van der Waals surface area (Å²) < 4.78 is 7.33. The van der Waals surface area contributed by atoms with Crippen molar-refractivity contribution in [1.29, 1.82) is 0 Å². The van der Waals surface area contributed by atoms with Gasteiger partial charge in [-0.3, -0.25) is 9.48 Å². The van der Waals surface area contributed by atoms with E-state index in [0.29, 0.717) is 19.6 Å². The normalized spacial score (nSPS) is 21.0. The number of carbonyl (C=O) groups excluding carboxylic acids is 1. The van der Waals surface area contributed by atoms with Gasteiger partial charge in [-0.1, -0.05) is 0 Å². The summed E-state index contributed by atoms with van der Waals surface area (Å²) in [6.45, 7) is 8.15. The molecule has 24 heavy (non-hydrogen) atoms. The predicted octanol–water partition coefficient (Wildman–Crippen LogP) is 1.90. The number of morpholine rings is 1. The lowest BCUT2D eigenvalue weighted by Gasteiger charge is -2.35. The van der Waals surface area contributed by atoms with E-state index in [4.69, 9.17) is 4.74 Å². The SMILES string of the molecule is Cc1csc(CNc2cnn(CC(=O)N3CC(C)OC(C)C3)c2)n1. The van der Waals surface area contributed by atoms with Crippen LogP contribution in [0.15, 0.2) is 17.8 Å². The fourth-order valence-electron chi connectivity index (χ4n) is 2.82. The molecule has 1 aliphatic heterocycles. The number of aromatic nitrogens is 3. The molecule has 1 saturated heterocycles. The number of rotatable bonds is 5. The van der Waals surface area contributed by atoms with Crippen LogP contribution in [0.5, 0.6) is 0 Å². The number of hydrogen-bond donors (Lipinski definition) is 1. The average molecular weight is 349 g/mol. The van der Waals surface area contributed by atoms with Gasteiger partial charge in [-0.15, -0.1) is 11.3 Å². The van der Waals surface area contributed by atoms with E-state index in [1.807, 2.05) is 37.2 Å². The molecule has 2 aromatic heterocycles. The molecular formula is C16H23N5O2S. The van der Waals surface area contributed by atoms with E-state index in [0.717, 1.165) is 16.4 Å². The largest absolute Gasteiger partial charge is 0.376 e. The first-order chi connectivity index (χ1) is 11.5. The van der Waals surface area contributed by atoms with Crippen molar-refractivity contribution in [2.45, 2.75) is 46.1 Å². The highest BCUT2D eigenvalue weighted by Gasteiger charge is 2.25. The lowest BCUT2D eigenvalue weighted by Crippen LogP contribution is -2.49. The zero-order valence-corrected chi connectivity index (χ0v) is 15.0. The number of ether oxygens (including phenoxy) is 1. The molecular weight excluding hydrogens is 326 g/mol. The minimum absolute atomic E-state index is 0.0715. The molecule has 1 aliphatic rings. The molecule has 0 aliphatic carbocycles. The Labute approximate surface area is 145 Å². The molecule has 0 spiro atoms. The Bertz CT molecular complexity index is 688. The van der Waals surface area contributed by atoms with Crippen LogP contribution in [0.3, 0.4) is 0 Å². The van der Waals surface area contributed by atoms with E-state index in [2.05, 4.69) is 15.4 Å². The average Bonchev–Trinajstić information content (AvgIpc) is 3.13. The van der Waals surface area contributed by atoms with Crippen LogP contribution >= 0.6 is 11.3 Å². The molecule has 130 valence electrons. The van der Waals surface area contributed by atoms with Crippen molar-refractivity contribution in [2.24, 2.45) is 0 Å². The maximum Gasteiger partial charge on any atom is 0.244 e. The Morgan fingerprint density at radius 2 is 2.17 bits per heavy atom. The first-order valence-corrected chi connectivity index (χ1v) is 8.98. The first kappa shape index (κ1) is 16.9. The highest BCUT2D eigenvalue weighted by molar-refractivity contribution is 7.09. The van der Waals surface area contributed by atoms with Crippen molar-refractivity contribution in [2.75, 3.05) is 18.4 Å². The monoisotopic (exact) mass is 349 g/mol. The Hall–Kier alpha value is -1.93. The fourth-order valence-corrected chi connectivity index (χ4v) is 3.53. The van der Waals surface area contributed by atoms with Gasteiger partial charge >= 0.3 is 0 Å². The second-order valence-corrected chi connectivity index (χ2v) is 7.16. The van der Waals surface area contributed by atoms with Crippen LogP contribution in [-0.2, 0) is 22.6 Å². The maximum atomic E-state index is 12.4. The molecule has 0 radical (unpaired) electrons. The number of nitrogens with zero attached hydrogens (tertiary/aromatic N) is 4. The quantitative estimate of drug-likeness (QED) is 0.892. The number of amides is 1. The Morgan fingerprint density at radius 3 is 2.83 bits per heavy atom. The van der Waals surface area contributed by atoms with E-state index in [9.17, 15) is 4.79 Å². The van der Waals surface area contributed by atoms with Crippen molar-refractivity contribution in [1.82, 2.24) is 19.7 Å². The van der Waals surface area contributed by atoms with Crippen LogP contribution in [0.4, 0.5) is 5.69 Å². The van der Waals surface area contributed by atoms with Crippen LogP contribution in [0, 0.1) is 6.92 Å². The molecule has 7 nitrogen and oxygen atoms in total. The van der Waals surface area contributed by atoms with Crippen molar-refractivity contribution in [3.8, 4) is 0 Å². The number of hydrogen-bond acceptors (Lipinski definition) is 6. The second-order valence-electron chi connectivity index (χ2n) is 6.22. The van der Waals surface area contributed by atoms with Crippen LogP contribution in [0.2, 0.25) is 0 Å². The summed E-state index contributed by atoms with van der Waals surface area (Å²) in [4.78, 5) is 18.7. The Balaban J connectivity index is 1.52. The maximum absolute atomic E-state index is 12.4. The minimum Gasteiger partial charge on any atom is -0.376 e. The Morgan fingerprint density at radius 1 is 1.42 bits per heavy atom. The van der Waals surface area contributed by atoms with E-state index in [1.54, 1.807) is 22.2 Å². The van der Waals surface area contributed by atoms with Crippen LogP contribution in [0.25, 0.3) is 0 Å². The summed E-state index contributed by atoms with van der Waals surface area (Å²) >= 11 is 1.63. The molecule has 8 heteroatoms. The van der Waals surface area contributed by atoms with Gasteiger partial charge < -0.3 is 15.0 Å². The van der Waals surface area contributed by atoms with Crippen LogP contribution < -0.4 is 5.32 Å². The second kappa shape index (κ2) is 7.31. The third-order valence-corrected chi connectivity index (χ3v) is 4.78. The topological polar surface area (TPSA) is 72.3 Å². The van der Waals surface area contributed by atoms with Gasteiger partial charge in [-0.05, 0) is 20.8 Å². The molecule has 0 bridgehead atoms. The molecule has 1 fully saturated rings. The van der Waals surface area contributed by atoms with E-state index in [1.165, 1.54) is 0 Å². The third kappa shape index (κ3) is 4.33. The lowest BCUT2D eigenvalue weighted by atomic mass is 10.2. The summed E-state index contributed by atoms with van der Waals surface area (Å²) in [5.41, 5.74) is 1.92. The first-order valence-electron chi connectivity index (χ1n) is 8.10. The Kier molecular flexibility index (Phi) is 5.15. The highest BCUT2D eigenvalue weighted by Crippen LogP contribution is 2.14. The highest BCUT2D eigenvalue weighted by atomic mass is 32.1. The predicted molar refractivity (Wildman–Crippen MR) is 93.0 cm³/mol. The number of aryl methyl sites for hydroxylation is 1. The van der Waals surface area contributed by atoms with Gasteiger partial charge in [-0.25, -0.2) is 4.98 Å². The molecule has 3 heterocycles. The van der Waals surface area contributed by atoms with Gasteiger partial charge in [0.05, 0.1) is 30.6 Å². The van der Waals surface area contributed by atoms with Crippen molar-refractivity contribution in [3.05, 3.63) is 28.5 Å². The number of carbonyl (C=O) groups is 1. The fraction of sp³-hybridized carbons (Fsp3) is 0.562. The smallest absolute Gasteiger partial charge is 0.244 e. The van der Waals surface area contributed by atoms with Gasteiger partial charge in [0.25, 0.3) is 0 Å². The lowest BCUT2D eigenvalue weighted by molar-refractivity contribution is -0.144. The number of nitrogens with one attached hydrogen (secondary N) is 1. The molecule has 0 aromatic carbocycles. The third-order valence-electron chi connectivity index (χ3n) is 3.81.